The Bertz CT molecular complexity index is 569. The van der Waals surface area contributed by atoms with Gasteiger partial charge in [-0.1, -0.05) is 24.3 Å². The monoisotopic (exact) mass is 302 g/mol. The number of rotatable bonds is 9. The van der Waals surface area contributed by atoms with E-state index in [4.69, 9.17) is 4.74 Å². The number of amides is 1. The van der Waals surface area contributed by atoms with Gasteiger partial charge in [-0.05, 0) is 17.2 Å². The standard InChI is InChI=1S/C16H22N4O2/c1-22-9-7-17-12-16(21)18-11-14-4-2-5-15(10-14)13-20-8-3-6-19-20/h2-6,8,10,17H,7,9,11-13H2,1H3,(H,18,21). The highest BCUT2D eigenvalue weighted by Crippen LogP contribution is 2.06. The van der Waals surface area contributed by atoms with Crippen LogP contribution in [0.15, 0.2) is 42.7 Å². The molecule has 22 heavy (non-hydrogen) atoms. The number of hydrogen-bond acceptors (Lipinski definition) is 4. The molecule has 0 unspecified atom stereocenters. The van der Waals surface area contributed by atoms with Gasteiger partial charge in [0.25, 0.3) is 0 Å². The molecular weight excluding hydrogens is 280 g/mol. The Kier molecular flexibility index (Phi) is 6.60. The van der Waals surface area contributed by atoms with Gasteiger partial charge >= 0.3 is 0 Å². The van der Waals surface area contributed by atoms with Crippen LogP contribution in [0.5, 0.6) is 0 Å². The van der Waals surface area contributed by atoms with Crippen molar-refractivity contribution < 1.29 is 9.53 Å². The predicted molar refractivity (Wildman–Crippen MR) is 84.4 cm³/mol. The Labute approximate surface area is 130 Å². The van der Waals surface area contributed by atoms with Crippen LogP contribution in [0.3, 0.4) is 0 Å². The molecule has 2 N–H and O–H groups in total. The van der Waals surface area contributed by atoms with Crippen LogP contribution in [-0.4, -0.2) is 42.5 Å². The summed E-state index contributed by atoms with van der Waals surface area (Å²) in [5.74, 6) is -0.0198. The third-order valence-electron chi connectivity index (χ3n) is 3.15. The summed E-state index contributed by atoms with van der Waals surface area (Å²) in [5, 5.41) is 10.1. The first-order chi connectivity index (χ1) is 10.8. The van der Waals surface area contributed by atoms with E-state index in [0.717, 1.165) is 17.7 Å². The van der Waals surface area contributed by atoms with Gasteiger partial charge in [0.15, 0.2) is 0 Å². The zero-order chi connectivity index (χ0) is 15.6. The minimum Gasteiger partial charge on any atom is -0.383 e. The average molecular weight is 302 g/mol. The molecule has 0 saturated heterocycles. The fourth-order valence-corrected chi connectivity index (χ4v) is 2.06. The van der Waals surface area contributed by atoms with Crippen molar-refractivity contribution in [1.29, 1.82) is 0 Å². The predicted octanol–water partition coefficient (Wildman–Crippen LogP) is 0.784. The molecule has 0 aliphatic carbocycles. The molecule has 0 saturated carbocycles. The second-order valence-corrected chi connectivity index (χ2v) is 4.97. The van der Waals surface area contributed by atoms with E-state index in [-0.39, 0.29) is 5.91 Å². The van der Waals surface area contributed by atoms with E-state index >= 15 is 0 Å². The Hall–Kier alpha value is -2.18. The van der Waals surface area contributed by atoms with E-state index in [2.05, 4.69) is 27.9 Å². The molecule has 0 aliphatic rings. The van der Waals surface area contributed by atoms with Gasteiger partial charge in [0.1, 0.15) is 0 Å². The van der Waals surface area contributed by atoms with Crippen LogP contribution < -0.4 is 10.6 Å². The van der Waals surface area contributed by atoms with E-state index in [9.17, 15) is 4.79 Å². The molecule has 1 heterocycles. The first-order valence-electron chi connectivity index (χ1n) is 7.29. The summed E-state index contributed by atoms with van der Waals surface area (Å²) in [6.07, 6.45) is 3.70. The van der Waals surface area contributed by atoms with E-state index in [1.165, 1.54) is 0 Å². The largest absolute Gasteiger partial charge is 0.383 e. The van der Waals surface area contributed by atoms with Crippen LogP contribution in [-0.2, 0) is 22.6 Å². The van der Waals surface area contributed by atoms with E-state index in [1.54, 1.807) is 13.3 Å². The summed E-state index contributed by atoms with van der Waals surface area (Å²) in [4.78, 5) is 11.7. The number of carbonyl (C=O) groups is 1. The zero-order valence-electron chi connectivity index (χ0n) is 12.8. The van der Waals surface area contributed by atoms with Gasteiger partial charge in [-0.15, -0.1) is 0 Å². The molecule has 118 valence electrons. The molecule has 6 heteroatoms. The molecule has 0 radical (unpaired) electrons. The van der Waals surface area contributed by atoms with Crippen LogP contribution >= 0.6 is 0 Å². The molecular formula is C16H22N4O2. The van der Waals surface area contributed by atoms with Crippen molar-refractivity contribution in [2.45, 2.75) is 13.1 Å². The number of benzene rings is 1. The smallest absolute Gasteiger partial charge is 0.234 e. The molecule has 2 rings (SSSR count). The van der Waals surface area contributed by atoms with Crippen LogP contribution in [0.1, 0.15) is 11.1 Å². The lowest BCUT2D eigenvalue weighted by atomic mass is 10.1. The van der Waals surface area contributed by atoms with Gasteiger partial charge in [-0.25, -0.2) is 0 Å². The lowest BCUT2D eigenvalue weighted by Crippen LogP contribution is -2.34. The summed E-state index contributed by atoms with van der Waals surface area (Å²) in [5.41, 5.74) is 2.24. The highest BCUT2D eigenvalue weighted by atomic mass is 16.5. The number of carbonyl (C=O) groups excluding carboxylic acids is 1. The molecule has 0 fully saturated rings. The SMILES string of the molecule is COCCNCC(=O)NCc1cccc(Cn2cccn2)c1. The Morgan fingerprint density at radius 2 is 2.18 bits per heavy atom. The highest BCUT2D eigenvalue weighted by Gasteiger charge is 2.02. The maximum Gasteiger partial charge on any atom is 0.234 e. The van der Waals surface area contributed by atoms with Gasteiger partial charge in [0.2, 0.25) is 5.91 Å². The molecule has 0 bridgehead atoms. The number of nitrogens with one attached hydrogen (secondary N) is 2. The van der Waals surface area contributed by atoms with Crippen molar-refractivity contribution >= 4 is 5.91 Å². The fraction of sp³-hybridized carbons (Fsp3) is 0.375. The van der Waals surface area contributed by atoms with Crippen molar-refractivity contribution in [3.63, 3.8) is 0 Å². The third kappa shape index (κ3) is 5.67. The lowest BCUT2D eigenvalue weighted by molar-refractivity contribution is -0.120. The third-order valence-corrected chi connectivity index (χ3v) is 3.15. The van der Waals surface area contributed by atoms with Crippen molar-refractivity contribution in [2.75, 3.05) is 26.8 Å². The van der Waals surface area contributed by atoms with Gasteiger partial charge in [-0.3, -0.25) is 9.48 Å². The molecule has 2 aromatic rings. The number of ether oxygens (including phenoxy) is 1. The number of aromatic nitrogens is 2. The van der Waals surface area contributed by atoms with Gasteiger partial charge in [-0.2, -0.15) is 5.10 Å². The molecule has 0 aliphatic heterocycles. The van der Waals surface area contributed by atoms with E-state index in [0.29, 0.717) is 26.2 Å². The summed E-state index contributed by atoms with van der Waals surface area (Å²) in [6, 6.07) is 10.0. The number of nitrogens with zero attached hydrogens (tertiary/aromatic N) is 2. The van der Waals surface area contributed by atoms with Crippen molar-refractivity contribution in [3.8, 4) is 0 Å². The van der Waals surface area contributed by atoms with Crippen LogP contribution in [0.4, 0.5) is 0 Å². The van der Waals surface area contributed by atoms with E-state index < -0.39 is 0 Å². The fourth-order valence-electron chi connectivity index (χ4n) is 2.06. The minimum absolute atomic E-state index is 0.0198. The molecule has 1 amide bonds. The Balaban J connectivity index is 1.76. The topological polar surface area (TPSA) is 68.2 Å². The summed E-state index contributed by atoms with van der Waals surface area (Å²) < 4.78 is 6.78. The van der Waals surface area contributed by atoms with Crippen LogP contribution in [0, 0.1) is 0 Å². The molecule has 0 spiro atoms. The van der Waals surface area contributed by atoms with Crippen molar-refractivity contribution in [3.05, 3.63) is 53.9 Å². The summed E-state index contributed by atoms with van der Waals surface area (Å²) in [6.45, 7) is 2.83. The summed E-state index contributed by atoms with van der Waals surface area (Å²) >= 11 is 0. The molecule has 6 nitrogen and oxygen atoms in total. The second-order valence-electron chi connectivity index (χ2n) is 4.97. The maximum atomic E-state index is 11.7. The highest BCUT2D eigenvalue weighted by molar-refractivity contribution is 5.77. The van der Waals surface area contributed by atoms with E-state index in [1.807, 2.05) is 29.1 Å². The Morgan fingerprint density at radius 1 is 1.32 bits per heavy atom. The van der Waals surface area contributed by atoms with Crippen molar-refractivity contribution in [2.24, 2.45) is 0 Å². The van der Waals surface area contributed by atoms with Crippen LogP contribution in [0.2, 0.25) is 0 Å². The number of hydrogen-bond donors (Lipinski definition) is 2. The van der Waals surface area contributed by atoms with Crippen molar-refractivity contribution in [1.82, 2.24) is 20.4 Å². The maximum absolute atomic E-state index is 11.7. The van der Waals surface area contributed by atoms with Gasteiger partial charge in [0, 0.05) is 32.6 Å². The number of methoxy groups -OCH3 is 1. The zero-order valence-corrected chi connectivity index (χ0v) is 12.8. The first-order valence-corrected chi connectivity index (χ1v) is 7.29. The lowest BCUT2D eigenvalue weighted by Gasteiger charge is -2.08. The quantitative estimate of drug-likeness (QED) is 0.672. The molecule has 1 aromatic heterocycles. The minimum atomic E-state index is -0.0198. The van der Waals surface area contributed by atoms with Gasteiger partial charge in [0.05, 0.1) is 19.7 Å². The Morgan fingerprint density at radius 3 is 2.95 bits per heavy atom. The molecule has 0 atom stereocenters. The normalized spacial score (nSPS) is 10.6. The first kappa shape index (κ1) is 16.2. The van der Waals surface area contributed by atoms with Crippen LogP contribution in [0.25, 0.3) is 0 Å². The average Bonchev–Trinajstić information content (AvgIpc) is 3.03. The molecule has 1 aromatic carbocycles. The summed E-state index contributed by atoms with van der Waals surface area (Å²) in [7, 11) is 1.64. The second kappa shape index (κ2) is 8.96. The van der Waals surface area contributed by atoms with Gasteiger partial charge < -0.3 is 15.4 Å².